The summed E-state index contributed by atoms with van der Waals surface area (Å²) in [5, 5.41) is 11.0. The molecule has 2 rings (SSSR count). The SMILES string of the molecule is COC(=O)CSc1nnc(NC(=O)Cc2cc(C)ccc2C)s1. The van der Waals surface area contributed by atoms with E-state index in [2.05, 4.69) is 20.3 Å². The Kier molecular flexibility index (Phi) is 6.12. The predicted molar refractivity (Wildman–Crippen MR) is 90.9 cm³/mol. The molecule has 0 aliphatic carbocycles. The van der Waals surface area contributed by atoms with Crippen molar-refractivity contribution >= 4 is 40.1 Å². The Morgan fingerprint density at radius 1 is 1.30 bits per heavy atom. The van der Waals surface area contributed by atoms with Crippen molar-refractivity contribution in [3.63, 3.8) is 0 Å². The monoisotopic (exact) mass is 351 g/mol. The smallest absolute Gasteiger partial charge is 0.316 e. The van der Waals surface area contributed by atoms with E-state index >= 15 is 0 Å². The first-order chi connectivity index (χ1) is 11.0. The summed E-state index contributed by atoms with van der Waals surface area (Å²) in [4.78, 5) is 23.2. The van der Waals surface area contributed by atoms with Crippen LogP contribution in [-0.4, -0.2) is 34.9 Å². The molecule has 0 saturated heterocycles. The van der Waals surface area contributed by atoms with Gasteiger partial charge >= 0.3 is 5.97 Å². The number of hydrogen-bond acceptors (Lipinski definition) is 7. The van der Waals surface area contributed by atoms with Gasteiger partial charge in [-0.05, 0) is 25.0 Å². The summed E-state index contributed by atoms with van der Waals surface area (Å²) in [6.07, 6.45) is 0.289. The van der Waals surface area contributed by atoms with E-state index in [1.807, 2.05) is 32.0 Å². The van der Waals surface area contributed by atoms with Gasteiger partial charge in [0.15, 0.2) is 4.34 Å². The average Bonchev–Trinajstić information content (AvgIpc) is 2.95. The van der Waals surface area contributed by atoms with Gasteiger partial charge in [0.05, 0.1) is 19.3 Å². The van der Waals surface area contributed by atoms with Gasteiger partial charge in [0.25, 0.3) is 0 Å². The summed E-state index contributed by atoms with van der Waals surface area (Å²) in [5.74, 6) is -0.299. The Bertz CT molecular complexity index is 716. The molecule has 1 N–H and O–H groups in total. The number of carbonyl (C=O) groups is 2. The van der Waals surface area contributed by atoms with Gasteiger partial charge in [0, 0.05) is 0 Å². The van der Waals surface area contributed by atoms with Crippen molar-refractivity contribution in [2.45, 2.75) is 24.6 Å². The van der Waals surface area contributed by atoms with Gasteiger partial charge in [-0.2, -0.15) is 0 Å². The minimum atomic E-state index is -0.328. The van der Waals surface area contributed by atoms with E-state index in [9.17, 15) is 9.59 Å². The van der Waals surface area contributed by atoms with Crippen molar-refractivity contribution in [1.82, 2.24) is 10.2 Å². The highest BCUT2D eigenvalue weighted by molar-refractivity contribution is 8.01. The second-order valence-electron chi connectivity index (χ2n) is 4.89. The number of carbonyl (C=O) groups excluding carboxylic acids is 2. The number of anilines is 1. The number of nitrogens with zero attached hydrogens (tertiary/aromatic N) is 2. The third-order valence-electron chi connectivity index (χ3n) is 3.05. The van der Waals surface area contributed by atoms with E-state index < -0.39 is 0 Å². The predicted octanol–water partition coefficient (Wildman–Crippen LogP) is 2.60. The lowest BCUT2D eigenvalue weighted by Gasteiger charge is -2.06. The zero-order valence-electron chi connectivity index (χ0n) is 13.1. The Morgan fingerprint density at radius 3 is 2.83 bits per heavy atom. The van der Waals surface area contributed by atoms with Crippen molar-refractivity contribution in [1.29, 1.82) is 0 Å². The number of methoxy groups -OCH3 is 1. The first-order valence-electron chi connectivity index (χ1n) is 6.87. The normalized spacial score (nSPS) is 10.4. The molecule has 0 atom stereocenters. The van der Waals surface area contributed by atoms with Gasteiger partial charge in [0.1, 0.15) is 0 Å². The standard InChI is InChI=1S/C15H17N3O3S2/c1-9-4-5-10(2)11(6-9)7-12(19)16-14-17-18-15(23-14)22-8-13(20)21-3/h4-6H,7-8H2,1-3H3,(H,16,17,19). The lowest BCUT2D eigenvalue weighted by atomic mass is 10.0. The fraction of sp³-hybridized carbons (Fsp3) is 0.333. The topological polar surface area (TPSA) is 81.2 Å². The highest BCUT2D eigenvalue weighted by atomic mass is 32.2. The van der Waals surface area contributed by atoms with Gasteiger partial charge in [-0.15, -0.1) is 10.2 Å². The Balaban J connectivity index is 1.91. The quantitative estimate of drug-likeness (QED) is 0.489. The molecule has 0 saturated carbocycles. The van der Waals surface area contributed by atoms with Crippen molar-refractivity contribution in [3.05, 3.63) is 34.9 Å². The number of ether oxygens (including phenoxy) is 1. The Morgan fingerprint density at radius 2 is 2.09 bits per heavy atom. The van der Waals surface area contributed by atoms with Crippen molar-refractivity contribution < 1.29 is 14.3 Å². The zero-order chi connectivity index (χ0) is 16.8. The number of thioether (sulfide) groups is 1. The van der Waals surface area contributed by atoms with Crippen LogP contribution in [0.15, 0.2) is 22.5 Å². The molecule has 6 nitrogen and oxygen atoms in total. The van der Waals surface area contributed by atoms with Crippen molar-refractivity contribution in [2.24, 2.45) is 0 Å². The molecule has 0 aliphatic rings. The average molecular weight is 351 g/mol. The van der Waals surface area contributed by atoms with Crippen LogP contribution in [0.1, 0.15) is 16.7 Å². The zero-order valence-corrected chi connectivity index (χ0v) is 14.7. The molecule has 0 spiro atoms. The number of amides is 1. The maximum Gasteiger partial charge on any atom is 0.316 e. The van der Waals surface area contributed by atoms with Crippen LogP contribution in [0.4, 0.5) is 5.13 Å². The molecule has 0 aliphatic heterocycles. The van der Waals surface area contributed by atoms with Crippen LogP contribution >= 0.6 is 23.1 Å². The van der Waals surface area contributed by atoms with E-state index in [0.717, 1.165) is 16.7 Å². The summed E-state index contributed by atoms with van der Waals surface area (Å²) in [6, 6.07) is 6.03. The number of benzene rings is 1. The van der Waals surface area contributed by atoms with Crippen molar-refractivity contribution in [2.75, 3.05) is 18.2 Å². The first-order valence-corrected chi connectivity index (χ1v) is 8.67. The van der Waals surface area contributed by atoms with Gasteiger partial charge in [-0.25, -0.2) is 0 Å². The lowest BCUT2D eigenvalue weighted by Crippen LogP contribution is -2.15. The molecule has 1 aromatic heterocycles. The first kappa shape index (κ1) is 17.4. The van der Waals surface area contributed by atoms with Crippen LogP contribution in [0.2, 0.25) is 0 Å². The summed E-state index contributed by atoms with van der Waals surface area (Å²) in [6.45, 7) is 3.98. The molecule has 1 amide bonds. The maximum absolute atomic E-state index is 12.1. The minimum Gasteiger partial charge on any atom is -0.468 e. The minimum absolute atomic E-state index is 0.139. The molecule has 0 unspecified atom stereocenters. The summed E-state index contributed by atoms with van der Waals surface area (Å²) in [5.41, 5.74) is 3.19. The van der Waals surface area contributed by atoms with Crippen LogP contribution in [0.25, 0.3) is 0 Å². The second-order valence-corrected chi connectivity index (χ2v) is 7.09. The molecular formula is C15H17N3O3S2. The Hall–Kier alpha value is -1.93. The van der Waals surface area contributed by atoms with Gasteiger partial charge in [-0.3, -0.25) is 9.59 Å². The summed E-state index contributed by atoms with van der Waals surface area (Å²) < 4.78 is 5.17. The number of rotatable bonds is 6. The van der Waals surface area contributed by atoms with E-state index in [-0.39, 0.29) is 24.1 Å². The molecule has 2 aromatic rings. The molecule has 23 heavy (non-hydrogen) atoms. The molecular weight excluding hydrogens is 334 g/mol. The third-order valence-corrected chi connectivity index (χ3v) is 5.00. The molecule has 0 radical (unpaired) electrons. The Labute approximate surface area is 142 Å². The third kappa shape index (κ3) is 5.33. The van der Waals surface area contributed by atoms with Gasteiger partial charge < -0.3 is 10.1 Å². The van der Waals surface area contributed by atoms with Crippen LogP contribution in [-0.2, 0) is 20.7 Å². The van der Waals surface area contributed by atoms with Crippen LogP contribution in [0.5, 0.6) is 0 Å². The number of esters is 1. The highest BCUT2D eigenvalue weighted by Crippen LogP contribution is 2.25. The fourth-order valence-corrected chi connectivity index (χ4v) is 3.43. The lowest BCUT2D eigenvalue weighted by molar-refractivity contribution is -0.137. The maximum atomic E-state index is 12.1. The molecule has 122 valence electrons. The number of hydrogen-bond donors (Lipinski definition) is 1. The molecule has 1 aromatic carbocycles. The molecule has 8 heteroatoms. The van der Waals surface area contributed by atoms with E-state index in [0.29, 0.717) is 9.47 Å². The van der Waals surface area contributed by atoms with Crippen LogP contribution in [0.3, 0.4) is 0 Å². The fourth-order valence-electron chi connectivity index (χ4n) is 1.83. The number of aryl methyl sites for hydroxylation is 2. The highest BCUT2D eigenvalue weighted by Gasteiger charge is 2.12. The largest absolute Gasteiger partial charge is 0.468 e. The van der Waals surface area contributed by atoms with E-state index in [1.54, 1.807) is 0 Å². The molecule has 1 heterocycles. The number of aromatic nitrogens is 2. The van der Waals surface area contributed by atoms with Crippen molar-refractivity contribution in [3.8, 4) is 0 Å². The van der Waals surface area contributed by atoms with Crippen LogP contribution in [0, 0.1) is 13.8 Å². The number of nitrogens with one attached hydrogen (secondary N) is 1. The van der Waals surface area contributed by atoms with Crippen LogP contribution < -0.4 is 5.32 Å². The molecule has 0 fully saturated rings. The van der Waals surface area contributed by atoms with Gasteiger partial charge in [-0.1, -0.05) is 46.9 Å². The van der Waals surface area contributed by atoms with E-state index in [4.69, 9.17) is 0 Å². The molecule has 0 bridgehead atoms. The summed E-state index contributed by atoms with van der Waals surface area (Å²) >= 11 is 2.46. The van der Waals surface area contributed by atoms with Gasteiger partial charge in [0.2, 0.25) is 11.0 Å². The summed E-state index contributed by atoms with van der Waals surface area (Å²) in [7, 11) is 1.34. The van der Waals surface area contributed by atoms with E-state index in [1.165, 1.54) is 30.2 Å². The second kappa shape index (κ2) is 8.07.